The maximum absolute atomic E-state index is 13.4. The molecule has 3 aromatic rings. The number of benzene rings is 1. The van der Waals surface area contributed by atoms with Gasteiger partial charge >= 0.3 is 0 Å². The van der Waals surface area contributed by atoms with Crippen molar-refractivity contribution in [1.82, 2.24) is 19.6 Å². The Hall–Kier alpha value is -2.93. The monoisotopic (exact) mass is 394 g/mol. The van der Waals surface area contributed by atoms with Crippen LogP contribution in [0.4, 0.5) is 0 Å². The van der Waals surface area contributed by atoms with Gasteiger partial charge in [-0.05, 0) is 30.0 Å². The summed E-state index contributed by atoms with van der Waals surface area (Å²) in [5, 5.41) is 6.71. The number of aromatic nitrogens is 2. The van der Waals surface area contributed by atoms with Crippen LogP contribution < -0.4 is 0 Å². The van der Waals surface area contributed by atoms with Crippen LogP contribution in [-0.2, 0) is 4.79 Å². The van der Waals surface area contributed by atoms with Gasteiger partial charge in [-0.25, -0.2) is 4.68 Å². The van der Waals surface area contributed by atoms with Gasteiger partial charge in [0.2, 0.25) is 5.91 Å². The molecule has 1 fully saturated rings. The molecular formula is C21H22N4O2S. The molecule has 0 bridgehead atoms. The van der Waals surface area contributed by atoms with Gasteiger partial charge in [-0.15, -0.1) is 11.3 Å². The number of amides is 2. The van der Waals surface area contributed by atoms with E-state index in [0.717, 1.165) is 17.0 Å². The van der Waals surface area contributed by atoms with Crippen LogP contribution in [0.15, 0.2) is 54.0 Å². The summed E-state index contributed by atoms with van der Waals surface area (Å²) in [6.07, 6.45) is 2.60. The Bertz CT molecular complexity index is 966. The number of carbonyl (C=O) groups excluding carboxylic acids is 2. The van der Waals surface area contributed by atoms with Crippen molar-refractivity contribution in [3.63, 3.8) is 0 Å². The van der Waals surface area contributed by atoms with Gasteiger partial charge in [-0.2, -0.15) is 5.10 Å². The lowest BCUT2D eigenvalue weighted by atomic mass is 10.2. The highest BCUT2D eigenvalue weighted by Gasteiger charge is 2.26. The normalized spacial score (nSPS) is 14.8. The highest BCUT2D eigenvalue weighted by atomic mass is 32.1. The Balaban J connectivity index is 1.67. The summed E-state index contributed by atoms with van der Waals surface area (Å²) in [7, 11) is 0. The van der Waals surface area contributed by atoms with Crippen LogP contribution in [0.25, 0.3) is 16.3 Å². The molecule has 0 N–H and O–H groups in total. The number of hydrogen-bond donors (Lipinski definition) is 0. The van der Waals surface area contributed by atoms with E-state index in [1.54, 1.807) is 27.8 Å². The van der Waals surface area contributed by atoms with Crippen molar-refractivity contribution in [3.05, 3.63) is 59.6 Å². The molecule has 0 unspecified atom stereocenters. The molecule has 144 valence electrons. The molecule has 1 aliphatic rings. The van der Waals surface area contributed by atoms with E-state index in [1.165, 1.54) is 0 Å². The van der Waals surface area contributed by atoms with Crippen molar-refractivity contribution < 1.29 is 9.59 Å². The Morgan fingerprint density at radius 3 is 2.43 bits per heavy atom. The minimum Gasteiger partial charge on any atom is -0.341 e. The maximum Gasteiger partial charge on any atom is 0.257 e. The van der Waals surface area contributed by atoms with Gasteiger partial charge < -0.3 is 9.80 Å². The molecule has 2 amide bonds. The Morgan fingerprint density at radius 2 is 1.71 bits per heavy atom. The van der Waals surface area contributed by atoms with E-state index in [-0.39, 0.29) is 11.8 Å². The third-order valence-electron chi connectivity index (χ3n) is 4.95. The quantitative estimate of drug-likeness (QED) is 0.685. The number of nitrogens with zero attached hydrogens (tertiary/aromatic N) is 4. The van der Waals surface area contributed by atoms with E-state index in [9.17, 15) is 9.59 Å². The van der Waals surface area contributed by atoms with Crippen LogP contribution in [0.2, 0.25) is 0 Å². The Morgan fingerprint density at radius 1 is 0.964 bits per heavy atom. The second kappa shape index (κ2) is 7.98. The molecule has 1 aliphatic heterocycles. The molecule has 0 atom stereocenters. The molecular weight excluding hydrogens is 372 g/mol. The minimum atomic E-state index is -0.0315. The molecule has 1 saturated heterocycles. The molecule has 0 radical (unpaired) electrons. The average Bonchev–Trinajstić information content (AvgIpc) is 3.32. The topological polar surface area (TPSA) is 58.4 Å². The van der Waals surface area contributed by atoms with E-state index < -0.39 is 0 Å². The Labute approximate surface area is 168 Å². The summed E-state index contributed by atoms with van der Waals surface area (Å²) < 4.78 is 1.77. The number of hydrogen-bond acceptors (Lipinski definition) is 4. The molecule has 3 heterocycles. The smallest absolute Gasteiger partial charge is 0.257 e. The summed E-state index contributed by atoms with van der Waals surface area (Å²) >= 11 is 1.57. The third-order valence-corrected chi connectivity index (χ3v) is 5.82. The van der Waals surface area contributed by atoms with E-state index in [0.29, 0.717) is 37.4 Å². The van der Waals surface area contributed by atoms with Gasteiger partial charge in [0.1, 0.15) is 5.69 Å². The molecule has 28 heavy (non-hydrogen) atoms. The molecule has 6 nitrogen and oxygen atoms in total. The summed E-state index contributed by atoms with van der Waals surface area (Å²) in [5.74, 6) is 0.0291. The molecule has 0 aliphatic carbocycles. The summed E-state index contributed by atoms with van der Waals surface area (Å²) in [5.41, 5.74) is 2.22. The zero-order valence-corrected chi connectivity index (χ0v) is 16.6. The van der Waals surface area contributed by atoms with Gasteiger partial charge in [-0.3, -0.25) is 9.59 Å². The van der Waals surface area contributed by atoms with Gasteiger partial charge in [0.25, 0.3) is 5.91 Å². The lowest BCUT2D eigenvalue weighted by Gasteiger charge is -2.21. The molecule has 0 spiro atoms. The fourth-order valence-corrected chi connectivity index (χ4v) is 4.17. The van der Waals surface area contributed by atoms with E-state index in [2.05, 4.69) is 0 Å². The van der Waals surface area contributed by atoms with Crippen LogP contribution >= 0.6 is 11.3 Å². The maximum atomic E-state index is 13.4. The van der Waals surface area contributed by atoms with Crippen molar-refractivity contribution in [2.75, 3.05) is 26.2 Å². The van der Waals surface area contributed by atoms with Crippen LogP contribution in [0.1, 0.15) is 23.7 Å². The highest BCUT2D eigenvalue weighted by Crippen LogP contribution is 2.29. The zero-order chi connectivity index (χ0) is 19.5. The lowest BCUT2D eigenvalue weighted by Crippen LogP contribution is -2.36. The van der Waals surface area contributed by atoms with Crippen molar-refractivity contribution in [2.24, 2.45) is 0 Å². The van der Waals surface area contributed by atoms with E-state index >= 15 is 0 Å². The second-order valence-electron chi connectivity index (χ2n) is 6.80. The van der Waals surface area contributed by atoms with Crippen molar-refractivity contribution >= 4 is 23.2 Å². The van der Waals surface area contributed by atoms with E-state index in [1.807, 2.05) is 58.9 Å². The molecule has 0 saturated carbocycles. The fourth-order valence-electron chi connectivity index (χ4n) is 3.44. The minimum absolute atomic E-state index is 0.0315. The second-order valence-corrected chi connectivity index (χ2v) is 7.75. The van der Waals surface area contributed by atoms with Crippen LogP contribution in [-0.4, -0.2) is 57.6 Å². The van der Waals surface area contributed by atoms with Crippen LogP contribution in [0.3, 0.4) is 0 Å². The number of carbonyl (C=O) groups is 2. The predicted molar refractivity (Wildman–Crippen MR) is 110 cm³/mol. The number of thiophene rings is 1. The predicted octanol–water partition coefficient (Wildman–Crippen LogP) is 3.30. The standard InChI is InChI=1S/C21H22N4O2S/c1-16(26)23-10-6-11-24(13-12-23)21(27)18-15-25(17-7-3-2-4-8-17)22-20(18)19-9-5-14-28-19/h2-5,7-9,14-15H,6,10-13H2,1H3. The zero-order valence-electron chi connectivity index (χ0n) is 15.7. The summed E-state index contributed by atoms with van der Waals surface area (Å²) in [4.78, 5) is 29.7. The van der Waals surface area contributed by atoms with E-state index in [4.69, 9.17) is 5.10 Å². The van der Waals surface area contributed by atoms with Crippen LogP contribution in [0, 0.1) is 0 Å². The van der Waals surface area contributed by atoms with Gasteiger partial charge in [0.05, 0.1) is 16.1 Å². The summed E-state index contributed by atoms with van der Waals surface area (Å²) in [6, 6.07) is 13.7. The first kappa shape index (κ1) is 18.4. The van der Waals surface area contributed by atoms with Crippen molar-refractivity contribution in [1.29, 1.82) is 0 Å². The molecule has 1 aromatic carbocycles. The SMILES string of the molecule is CC(=O)N1CCCN(C(=O)c2cn(-c3ccccc3)nc2-c2cccs2)CC1. The average molecular weight is 395 g/mol. The Kier molecular flexibility index (Phi) is 5.25. The van der Waals surface area contributed by atoms with Gasteiger partial charge in [-0.1, -0.05) is 24.3 Å². The first-order valence-electron chi connectivity index (χ1n) is 9.37. The fraction of sp³-hybridized carbons (Fsp3) is 0.286. The number of rotatable bonds is 3. The number of para-hydroxylation sites is 1. The summed E-state index contributed by atoms with van der Waals surface area (Å²) in [6.45, 7) is 4.03. The molecule has 7 heteroatoms. The molecule has 4 rings (SSSR count). The van der Waals surface area contributed by atoms with Crippen LogP contribution in [0.5, 0.6) is 0 Å². The first-order valence-corrected chi connectivity index (χ1v) is 10.2. The van der Waals surface area contributed by atoms with Crippen molar-refractivity contribution in [2.45, 2.75) is 13.3 Å². The third kappa shape index (κ3) is 3.71. The first-order chi connectivity index (χ1) is 13.6. The largest absolute Gasteiger partial charge is 0.341 e. The highest BCUT2D eigenvalue weighted by molar-refractivity contribution is 7.13. The van der Waals surface area contributed by atoms with Crippen molar-refractivity contribution in [3.8, 4) is 16.3 Å². The van der Waals surface area contributed by atoms with Gasteiger partial charge in [0, 0.05) is 39.3 Å². The molecule has 2 aromatic heterocycles. The lowest BCUT2D eigenvalue weighted by molar-refractivity contribution is -0.128. The van der Waals surface area contributed by atoms with Gasteiger partial charge in [0.15, 0.2) is 0 Å².